The third-order valence-corrected chi connectivity index (χ3v) is 4.81. The molecule has 0 saturated heterocycles. The van der Waals surface area contributed by atoms with E-state index in [-0.39, 0.29) is 23.7 Å². The number of nitrogens with one attached hydrogen (secondary N) is 2. The highest BCUT2D eigenvalue weighted by Crippen LogP contribution is 2.32. The first-order valence-electron chi connectivity index (χ1n) is 8.25. The summed E-state index contributed by atoms with van der Waals surface area (Å²) in [6, 6.07) is 1.31. The number of hydrogen-bond acceptors (Lipinski definition) is 3. The molecule has 128 valence electrons. The molecule has 1 aliphatic rings. The van der Waals surface area contributed by atoms with E-state index < -0.39 is 11.6 Å². The van der Waals surface area contributed by atoms with E-state index in [0.717, 1.165) is 25.7 Å². The number of carbonyl (C=O) groups is 1. The molecule has 3 N–H and O–H groups in total. The van der Waals surface area contributed by atoms with Crippen molar-refractivity contribution in [3.8, 4) is 0 Å². The molecule has 1 unspecified atom stereocenters. The van der Waals surface area contributed by atoms with Crippen molar-refractivity contribution in [1.82, 2.24) is 9.88 Å². The van der Waals surface area contributed by atoms with Crippen molar-refractivity contribution >= 4 is 11.7 Å². The van der Waals surface area contributed by atoms with Crippen molar-refractivity contribution in [2.75, 3.05) is 11.9 Å². The smallest absolute Gasteiger partial charge is 0.319 e. The molecule has 1 aromatic heterocycles. The summed E-state index contributed by atoms with van der Waals surface area (Å²) in [4.78, 5) is 24.1. The molecule has 1 aliphatic carbocycles. The summed E-state index contributed by atoms with van der Waals surface area (Å²) in [7, 11) is 1.64. The van der Waals surface area contributed by atoms with Crippen molar-refractivity contribution < 1.29 is 9.90 Å². The third-order valence-electron chi connectivity index (χ3n) is 4.81. The van der Waals surface area contributed by atoms with Crippen LogP contribution in [0.1, 0.15) is 44.6 Å². The van der Waals surface area contributed by atoms with Crippen LogP contribution >= 0.6 is 0 Å². The molecule has 1 saturated carbocycles. The fourth-order valence-corrected chi connectivity index (χ4v) is 3.16. The molecule has 0 radical (unpaired) electrons. The monoisotopic (exact) mass is 321 g/mol. The van der Waals surface area contributed by atoms with Gasteiger partial charge in [-0.1, -0.05) is 19.3 Å². The molecule has 23 heavy (non-hydrogen) atoms. The molecule has 0 aromatic carbocycles. The third kappa shape index (κ3) is 4.34. The number of aromatic nitrogens is 1. The number of rotatable bonds is 4. The Morgan fingerprint density at radius 2 is 2.04 bits per heavy atom. The first kappa shape index (κ1) is 17.5. The number of urea groups is 1. The number of amides is 2. The van der Waals surface area contributed by atoms with Crippen LogP contribution in [-0.2, 0) is 7.05 Å². The molecule has 2 rings (SSSR count). The SMILES string of the molecule is Cc1ccn(C)c(=O)c1NC(=O)NCC(C)(O)C1CCCCC1. The van der Waals surface area contributed by atoms with Crippen LogP contribution in [0.2, 0.25) is 0 Å². The van der Waals surface area contributed by atoms with Crippen molar-refractivity contribution in [1.29, 1.82) is 0 Å². The predicted octanol–water partition coefficient (Wildman–Crippen LogP) is 2.15. The number of nitrogens with zero attached hydrogens (tertiary/aromatic N) is 1. The largest absolute Gasteiger partial charge is 0.388 e. The Balaban J connectivity index is 1.95. The van der Waals surface area contributed by atoms with Crippen molar-refractivity contribution in [3.63, 3.8) is 0 Å². The molecule has 2 amide bonds. The van der Waals surface area contributed by atoms with Crippen molar-refractivity contribution in [2.45, 2.75) is 51.6 Å². The molecule has 0 spiro atoms. The molecule has 0 aliphatic heterocycles. The first-order chi connectivity index (χ1) is 10.8. The molecule has 1 heterocycles. The zero-order valence-corrected chi connectivity index (χ0v) is 14.2. The van der Waals surface area contributed by atoms with Crippen LogP contribution in [0.15, 0.2) is 17.1 Å². The van der Waals surface area contributed by atoms with Gasteiger partial charge in [-0.05, 0) is 44.2 Å². The van der Waals surface area contributed by atoms with Crippen LogP contribution in [-0.4, -0.2) is 27.9 Å². The number of aryl methyl sites for hydroxylation is 2. The van der Waals surface area contributed by atoms with E-state index in [0.29, 0.717) is 5.56 Å². The molecule has 6 nitrogen and oxygen atoms in total. The van der Waals surface area contributed by atoms with E-state index in [2.05, 4.69) is 10.6 Å². The summed E-state index contributed by atoms with van der Waals surface area (Å²) in [5, 5.41) is 15.9. The average molecular weight is 321 g/mol. The van der Waals surface area contributed by atoms with Crippen LogP contribution < -0.4 is 16.2 Å². The summed E-state index contributed by atoms with van der Waals surface area (Å²) in [6.07, 6.45) is 7.13. The van der Waals surface area contributed by atoms with Crippen molar-refractivity contribution in [3.05, 3.63) is 28.2 Å². The molecule has 1 aromatic rings. The topological polar surface area (TPSA) is 83.4 Å². The van der Waals surface area contributed by atoms with Gasteiger partial charge in [0.15, 0.2) is 0 Å². The maximum atomic E-state index is 12.1. The van der Waals surface area contributed by atoms with Gasteiger partial charge in [-0.15, -0.1) is 0 Å². The summed E-state index contributed by atoms with van der Waals surface area (Å²) in [6.45, 7) is 3.72. The van der Waals surface area contributed by atoms with Crippen LogP contribution in [0.5, 0.6) is 0 Å². The van der Waals surface area contributed by atoms with E-state index in [1.54, 1.807) is 33.2 Å². The van der Waals surface area contributed by atoms with Gasteiger partial charge < -0.3 is 20.3 Å². The molecule has 0 bridgehead atoms. The van der Waals surface area contributed by atoms with E-state index in [1.807, 2.05) is 0 Å². The summed E-state index contributed by atoms with van der Waals surface area (Å²) in [5.41, 5.74) is -0.194. The molecular formula is C17H27N3O3. The first-order valence-corrected chi connectivity index (χ1v) is 8.25. The van der Waals surface area contributed by atoms with Crippen LogP contribution in [0.3, 0.4) is 0 Å². The summed E-state index contributed by atoms with van der Waals surface area (Å²) < 4.78 is 1.42. The molecule has 1 fully saturated rings. The Labute approximate surface area is 136 Å². The zero-order valence-electron chi connectivity index (χ0n) is 14.2. The maximum absolute atomic E-state index is 12.1. The fraction of sp³-hybridized carbons (Fsp3) is 0.647. The fourth-order valence-electron chi connectivity index (χ4n) is 3.16. The van der Waals surface area contributed by atoms with Crippen molar-refractivity contribution in [2.24, 2.45) is 13.0 Å². The van der Waals surface area contributed by atoms with Gasteiger partial charge in [-0.3, -0.25) is 4.79 Å². The van der Waals surface area contributed by atoms with Gasteiger partial charge in [0.1, 0.15) is 5.69 Å². The maximum Gasteiger partial charge on any atom is 0.319 e. The Morgan fingerprint density at radius 3 is 2.70 bits per heavy atom. The van der Waals surface area contributed by atoms with Crippen LogP contribution in [0.4, 0.5) is 10.5 Å². The highest BCUT2D eigenvalue weighted by atomic mass is 16.3. The van der Waals surface area contributed by atoms with E-state index in [9.17, 15) is 14.7 Å². The van der Waals surface area contributed by atoms with Crippen LogP contribution in [0, 0.1) is 12.8 Å². The molecule has 1 atom stereocenters. The predicted molar refractivity (Wildman–Crippen MR) is 90.6 cm³/mol. The number of anilines is 1. The minimum absolute atomic E-state index is 0.176. The Kier molecular flexibility index (Phi) is 5.46. The minimum atomic E-state index is -0.922. The second kappa shape index (κ2) is 7.17. The second-order valence-electron chi connectivity index (χ2n) is 6.79. The standard InChI is InChI=1S/C17H27N3O3/c1-12-9-10-20(3)15(21)14(12)19-16(22)18-11-17(2,23)13-7-5-4-6-8-13/h9-10,13,23H,4-8,11H2,1-3H3,(H2,18,19,22). The normalized spacial score (nSPS) is 18.3. The number of hydrogen-bond donors (Lipinski definition) is 3. The van der Waals surface area contributed by atoms with E-state index >= 15 is 0 Å². The van der Waals surface area contributed by atoms with Gasteiger partial charge in [0, 0.05) is 19.8 Å². The number of pyridine rings is 1. The molecular weight excluding hydrogens is 294 g/mol. The number of aliphatic hydroxyl groups is 1. The lowest BCUT2D eigenvalue weighted by atomic mass is 9.78. The Hall–Kier alpha value is -1.82. The van der Waals surface area contributed by atoms with Gasteiger partial charge in [-0.2, -0.15) is 0 Å². The Morgan fingerprint density at radius 1 is 1.39 bits per heavy atom. The van der Waals surface area contributed by atoms with Crippen LogP contribution in [0.25, 0.3) is 0 Å². The lowest BCUT2D eigenvalue weighted by Gasteiger charge is -2.35. The van der Waals surface area contributed by atoms with E-state index in [1.165, 1.54) is 11.0 Å². The summed E-state index contributed by atoms with van der Waals surface area (Å²) in [5.74, 6) is 0.211. The zero-order chi connectivity index (χ0) is 17.0. The second-order valence-corrected chi connectivity index (χ2v) is 6.79. The quantitative estimate of drug-likeness (QED) is 0.794. The lowest BCUT2D eigenvalue weighted by Crippen LogP contribution is -2.48. The Bertz CT molecular complexity index is 616. The van der Waals surface area contributed by atoms with E-state index in [4.69, 9.17) is 0 Å². The molecule has 6 heteroatoms. The van der Waals surface area contributed by atoms with Gasteiger partial charge in [0.2, 0.25) is 0 Å². The average Bonchev–Trinajstić information content (AvgIpc) is 2.54. The summed E-state index contributed by atoms with van der Waals surface area (Å²) >= 11 is 0. The lowest BCUT2D eigenvalue weighted by molar-refractivity contribution is -0.0127. The highest BCUT2D eigenvalue weighted by molar-refractivity contribution is 5.89. The van der Waals surface area contributed by atoms with Gasteiger partial charge in [0.25, 0.3) is 5.56 Å². The van der Waals surface area contributed by atoms with Gasteiger partial charge >= 0.3 is 6.03 Å². The number of carbonyl (C=O) groups excluding carboxylic acids is 1. The van der Waals surface area contributed by atoms with Gasteiger partial charge in [0.05, 0.1) is 5.60 Å². The highest BCUT2D eigenvalue weighted by Gasteiger charge is 2.33. The minimum Gasteiger partial charge on any atom is -0.388 e. The van der Waals surface area contributed by atoms with Gasteiger partial charge in [-0.25, -0.2) is 4.79 Å².